The Morgan fingerprint density at radius 3 is 2.52 bits per heavy atom. The van der Waals surface area contributed by atoms with Gasteiger partial charge in [0.1, 0.15) is 11.6 Å². The smallest absolute Gasteiger partial charge is 0.255 e. The van der Waals surface area contributed by atoms with Crippen molar-refractivity contribution in [3.05, 3.63) is 54.0 Å². The van der Waals surface area contributed by atoms with Gasteiger partial charge in [0.2, 0.25) is 0 Å². The summed E-state index contributed by atoms with van der Waals surface area (Å²) in [4.78, 5) is 16.2. The van der Waals surface area contributed by atoms with Gasteiger partial charge in [0.05, 0.1) is 11.9 Å². The minimum Gasteiger partial charge on any atom is -0.368 e. The summed E-state index contributed by atoms with van der Waals surface area (Å²) in [6.07, 6.45) is 2.59. The monoisotopic (exact) mass is 287 g/mol. The summed E-state index contributed by atoms with van der Waals surface area (Å²) in [6.45, 7) is 4.17. The number of aromatic nitrogens is 1. The summed E-state index contributed by atoms with van der Waals surface area (Å²) in [5, 5.41) is 5.97. The zero-order valence-electron chi connectivity index (χ0n) is 12.1. The van der Waals surface area contributed by atoms with Gasteiger partial charge in [-0.15, -0.1) is 0 Å². The van der Waals surface area contributed by atoms with E-state index >= 15 is 0 Å². The second-order valence-electron chi connectivity index (χ2n) is 4.85. The lowest BCUT2D eigenvalue weighted by Gasteiger charge is -2.12. The van der Waals surface area contributed by atoms with Gasteiger partial charge in [0.15, 0.2) is 0 Å². The molecule has 0 radical (unpaired) electrons. The third kappa shape index (κ3) is 4.27. The first-order valence-electron chi connectivity index (χ1n) is 6.88. The predicted octanol–water partition coefficient (Wildman–Crippen LogP) is 3.68. The van der Waals surface area contributed by atoms with Gasteiger partial charge in [0.25, 0.3) is 5.91 Å². The third-order valence-corrected chi connectivity index (χ3v) is 3.13. The lowest BCUT2D eigenvalue weighted by atomic mass is 10.2. The highest BCUT2D eigenvalue weighted by Gasteiger charge is 2.07. The maximum atomic E-state index is 12.8. The Balaban J connectivity index is 1.99. The van der Waals surface area contributed by atoms with Crippen LogP contribution in [0.2, 0.25) is 0 Å². The topological polar surface area (TPSA) is 54.0 Å². The van der Waals surface area contributed by atoms with Gasteiger partial charge in [-0.3, -0.25) is 4.79 Å². The highest BCUT2D eigenvalue weighted by molar-refractivity contribution is 6.04. The van der Waals surface area contributed by atoms with Crippen LogP contribution in [-0.2, 0) is 0 Å². The fraction of sp³-hybridized carbons (Fsp3) is 0.250. The summed E-state index contributed by atoms with van der Waals surface area (Å²) in [6, 6.07) is 9.33. The molecule has 1 aromatic carbocycles. The number of pyridine rings is 1. The Hall–Kier alpha value is -2.43. The van der Waals surface area contributed by atoms with Crippen molar-refractivity contribution in [2.24, 2.45) is 0 Å². The number of rotatable bonds is 5. The maximum Gasteiger partial charge on any atom is 0.255 e. The molecule has 2 aromatic rings. The van der Waals surface area contributed by atoms with Crippen LogP contribution in [0.5, 0.6) is 0 Å². The standard InChI is InChI=1S/C16H18FN3O/c1-3-11(2)19-15-9-8-14(10-18-15)20-16(21)12-4-6-13(17)7-5-12/h4-11H,3H2,1-2H3,(H,18,19)(H,20,21). The minimum absolute atomic E-state index is 0.292. The summed E-state index contributed by atoms with van der Waals surface area (Å²) < 4.78 is 12.8. The largest absolute Gasteiger partial charge is 0.368 e. The van der Waals surface area contributed by atoms with E-state index in [1.54, 1.807) is 12.3 Å². The van der Waals surface area contributed by atoms with Crippen LogP contribution in [0.3, 0.4) is 0 Å². The molecule has 0 spiro atoms. The van der Waals surface area contributed by atoms with E-state index in [9.17, 15) is 9.18 Å². The molecular weight excluding hydrogens is 269 g/mol. The molecule has 5 heteroatoms. The number of hydrogen-bond acceptors (Lipinski definition) is 3. The first kappa shape index (κ1) is 15.0. The van der Waals surface area contributed by atoms with Gasteiger partial charge >= 0.3 is 0 Å². The van der Waals surface area contributed by atoms with Crippen molar-refractivity contribution in [2.45, 2.75) is 26.3 Å². The first-order valence-corrected chi connectivity index (χ1v) is 6.88. The number of nitrogens with one attached hydrogen (secondary N) is 2. The molecule has 110 valence electrons. The van der Waals surface area contributed by atoms with Crippen LogP contribution in [0.15, 0.2) is 42.6 Å². The first-order chi connectivity index (χ1) is 10.1. The van der Waals surface area contributed by atoms with Gasteiger partial charge in [-0.1, -0.05) is 6.92 Å². The number of carbonyl (C=O) groups excluding carboxylic acids is 1. The Bertz CT molecular complexity index is 596. The van der Waals surface area contributed by atoms with E-state index in [-0.39, 0.29) is 11.7 Å². The summed E-state index contributed by atoms with van der Waals surface area (Å²) in [7, 11) is 0. The molecule has 2 rings (SSSR count). The summed E-state index contributed by atoms with van der Waals surface area (Å²) in [5.41, 5.74) is 0.997. The average Bonchev–Trinajstić information content (AvgIpc) is 2.49. The van der Waals surface area contributed by atoms with Gasteiger partial charge in [-0.05, 0) is 49.7 Å². The molecule has 4 nitrogen and oxygen atoms in total. The average molecular weight is 287 g/mol. The quantitative estimate of drug-likeness (QED) is 0.882. The molecule has 0 aliphatic rings. The predicted molar refractivity (Wildman–Crippen MR) is 82.0 cm³/mol. The molecule has 0 saturated heterocycles. The summed E-state index contributed by atoms with van der Waals surface area (Å²) >= 11 is 0. The molecule has 1 atom stereocenters. The Morgan fingerprint density at radius 1 is 1.24 bits per heavy atom. The molecule has 0 fully saturated rings. The van der Waals surface area contributed by atoms with Crippen molar-refractivity contribution in [3.8, 4) is 0 Å². The number of carbonyl (C=O) groups is 1. The number of amides is 1. The molecule has 0 saturated carbocycles. The molecule has 1 aromatic heterocycles. The van der Waals surface area contributed by atoms with E-state index in [4.69, 9.17) is 0 Å². The van der Waals surface area contributed by atoms with Crippen molar-refractivity contribution in [1.82, 2.24) is 4.98 Å². The molecular formula is C16H18FN3O. The van der Waals surface area contributed by atoms with Gasteiger partial charge < -0.3 is 10.6 Å². The van der Waals surface area contributed by atoms with Crippen LogP contribution >= 0.6 is 0 Å². The zero-order valence-corrected chi connectivity index (χ0v) is 12.1. The Kier molecular flexibility index (Phi) is 4.87. The highest BCUT2D eigenvalue weighted by Crippen LogP contribution is 2.13. The zero-order chi connectivity index (χ0) is 15.2. The van der Waals surface area contributed by atoms with Crippen molar-refractivity contribution >= 4 is 17.4 Å². The van der Waals surface area contributed by atoms with Crippen LogP contribution in [-0.4, -0.2) is 16.9 Å². The van der Waals surface area contributed by atoms with E-state index < -0.39 is 0 Å². The molecule has 1 unspecified atom stereocenters. The number of nitrogens with zero attached hydrogens (tertiary/aromatic N) is 1. The van der Waals surface area contributed by atoms with E-state index in [1.165, 1.54) is 24.3 Å². The number of hydrogen-bond donors (Lipinski definition) is 2. The number of anilines is 2. The van der Waals surface area contributed by atoms with E-state index in [0.29, 0.717) is 17.3 Å². The van der Waals surface area contributed by atoms with Crippen LogP contribution in [0.1, 0.15) is 30.6 Å². The van der Waals surface area contributed by atoms with Crippen LogP contribution in [0.4, 0.5) is 15.9 Å². The molecule has 2 N–H and O–H groups in total. The van der Waals surface area contributed by atoms with Crippen molar-refractivity contribution in [1.29, 1.82) is 0 Å². The molecule has 0 aliphatic carbocycles. The fourth-order valence-electron chi connectivity index (χ4n) is 1.71. The van der Waals surface area contributed by atoms with Gasteiger partial charge in [-0.2, -0.15) is 0 Å². The molecule has 1 amide bonds. The third-order valence-electron chi connectivity index (χ3n) is 3.13. The SMILES string of the molecule is CCC(C)Nc1ccc(NC(=O)c2ccc(F)cc2)cn1. The highest BCUT2D eigenvalue weighted by atomic mass is 19.1. The van der Waals surface area contributed by atoms with Gasteiger partial charge in [0, 0.05) is 11.6 Å². The second kappa shape index (κ2) is 6.83. The normalized spacial score (nSPS) is 11.8. The van der Waals surface area contributed by atoms with E-state index in [1.807, 2.05) is 6.07 Å². The minimum atomic E-state index is -0.367. The Morgan fingerprint density at radius 2 is 1.95 bits per heavy atom. The molecule has 21 heavy (non-hydrogen) atoms. The maximum absolute atomic E-state index is 12.8. The fourth-order valence-corrected chi connectivity index (χ4v) is 1.71. The lowest BCUT2D eigenvalue weighted by molar-refractivity contribution is 0.102. The second-order valence-corrected chi connectivity index (χ2v) is 4.85. The molecule has 0 bridgehead atoms. The lowest BCUT2D eigenvalue weighted by Crippen LogP contribution is -2.15. The van der Waals surface area contributed by atoms with E-state index in [0.717, 1.165) is 12.2 Å². The Labute approximate surface area is 123 Å². The van der Waals surface area contributed by atoms with Crippen molar-refractivity contribution in [3.63, 3.8) is 0 Å². The van der Waals surface area contributed by atoms with Gasteiger partial charge in [-0.25, -0.2) is 9.37 Å². The molecule has 0 aliphatic heterocycles. The number of benzene rings is 1. The van der Waals surface area contributed by atoms with Crippen LogP contribution < -0.4 is 10.6 Å². The van der Waals surface area contributed by atoms with Crippen LogP contribution in [0.25, 0.3) is 0 Å². The van der Waals surface area contributed by atoms with E-state index in [2.05, 4.69) is 29.5 Å². The van der Waals surface area contributed by atoms with Crippen molar-refractivity contribution < 1.29 is 9.18 Å². The van der Waals surface area contributed by atoms with Crippen molar-refractivity contribution in [2.75, 3.05) is 10.6 Å². The number of halogens is 1. The van der Waals surface area contributed by atoms with Crippen LogP contribution in [0, 0.1) is 5.82 Å². The molecule has 1 heterocycles. The summed E-state index contributed by atoms with van der Waals surface area (Å²) in [5.74, 6) is 0.109.